The Morgan fingerprint density at radius 1 is 0.958 bits per heavy atom. The number of hydrogen-bond donors (Lipinski definition) is 0. The van der Waals surface area contributed by atoms with Gasteiger partial charge in [0.15, 0.2) is 0 Å². The van der Waals surface area contributed by atoms with E-state index in [0.29, 0.717) is 16.7 Å². The molecule has 0 aliphatic rings. The number of carboxylic acids is 1. The van der Waals surface area contributed by atoms with Crippen molar-refractivity contribution in [3.8, 4) is 5.75 Å². The van der Waals surface area contributed by atoms with E-state index in [1.807, 2.05) is 12.1 Å². The van der Waals surface area contributed by atoms with Gasteiger partial charge in [0.05, 0.1) is 5.97 Å². The number of hydrogen-bond acceptors (Lipinski definition) is 3. The van der Waals surface area contributed by atoms with E-state index in [1.165, 1.54) is 5.56 Å². The van der Waals surface area contributed by atoms with Crippen LogP contribution in [-0.2, 0) is 4.79 Å². The predicted octanol–water partition coefficient (Wildman–Crippen LogP) is 0.768. The van der Waals surface area contributed by atoms with Crippen molar-refractivity contribution >= 4 is 17.6 Å². The summed E-state index contributed by atoms with van der Waals surface area (Å²) in [6.07, 6.45) is -1.07. The largest absolute Gasteiger partial charge is 1.00 e. The molecule has 0 radical (unpaired) electrons. The van der Waals surface area contributed by atoms with Gasteiger partial charge in [-0.1, -0.05) is 56.6 Å². The fourth-order valence-electron chi connectivity index (χ4n) is 2.37. The van der Waals surface area contributed by atoms with Crippen LogP contribution in [0.5, 0.6) is 5.75 Å². The summed E-state index contributed by atoms with van der Waals surface area (Å²) < 4.78 is 5.66. The Morgan fingerprint density at radius 2 is 1.46 bits per heavy atom. The zero-order valence-corrected chi connectivity index (χ0v) is 17.2. The van der Waals surface area contributed by atoms with E-state index in [4.69, 9.17) is 16.3 Å². The number of rotatable bonds is 6. The summed E-state index contributed by atoms with van der Waals surface area (Å²) in [6, 6.07) is 14.5. The summed E-state index contributed by atoms with van der Waals surface area (Å²) in [7, 11) is 0. The van der Waals surface area contributed by atoms with Gasteiger partial charge in [0, 0.05) is 10.9 Å². The number of aliphatic carboxylic acids is 1. The van der Waals surface area contributed by atoms with Crippen LogP contribution < -0.4 is 39.4 Å². The number of ether oxygens (including phenoxy) is 1. The van der Waals surface area contributed by atoms with Crippen LogP contribution in [0.2, 0.25) is 5.02 Å². The molecular formula is C19H20ClNaO3. The van der Waals surface area contributed by atoms with E-state index >= 15 is 0 Å². The van der Waals surface area contributed by atoms with Gasteiger partial charge >= 0.3 is 29.6 Å². The van der Waals surface area contributed by atoms with E-state index in [1.54, 1.807) is 43.3 Å². The average Bonchev–Trinajstić information content (AvgIpc) is 2.53. The maximum Gasteiger partial charge on any atom is 1.00 e. The van der Waals surface area contributed by atoms with Gasteiger partial charge in [-0.15, -0.1) is 0 Å². The van der Waals surface area contributed by atoms with Crippen LogP contribution in [0.3, 0.4) is 0 Å². The van der Waals surface area contributed by atoms with Gasteiger partial charge in [-0.25, -0.2) is 0 Å². The summed E-state index contributed by atoms with van der Waals surface area (Å²) in [5.74, 6) is -0.666. The molecule has 0 spiro atoms. The molecule has 2 unspecified atom stereocenters. The summed E-state index contributed by atoms with van der Waals surface area (Å²) in [5.41, 5.74) is 2.01. The minimum Gasteiger partial charge on any atom is -0.546 e. The first-order chi connectivity index (χ1) is 10.9. The SMILES string of the molecule is CC(C)c1ccc(OC(C(=O)[O-])C(C)c2ccc(Cl)cc2)cc1.[Na+]. The molecule has 0 saturated heterocycles. The first kappa shape index (κ1) is 21.0. The molecule has 122 valence electrons. The molecular weight excluding hydrogens is 335 g/mol. The van der Waals surface area contributed by atoms with Crippen LogP contribution in [0, 0.1) is 0 Å². The van der Waals surface area contributed by atoms with Crippen LogP contribution in [0.1, 0.15) is 43.7 Å². The van der Waals surface area contributed by atoms with Gasteiger partial charge in [0.2, 0.25) is 0 Å². The van der Waals surface area contributed by atoms with E-state index < -0.39 is 12.1 Å². The molecule has 0 fully saturated rings. The van der Waals surface area contributed by atoms with Gasteiger partial charge in [-0.3, -0.25) is 0 Å². The van der Waals surface area contributed by atoms with Crippen molar-refractivity contribution in [3.05, 3.63) is 64.7 Å². The molecule has 0 aromatic heterocycles. The molecule has 24 heavy (non-hydrogen) atoms. The molecule has 0 aliphatic carbocycles. The molecule has 2 aromatic carbocycles. The molecule has 2 aromatic rings. The third kappa shape index (κ3) is 5.52. The van der Waals surface area contributed by atoms with Gasteiger partial charge in [-0.05, 0) is 41.3 Å². The van der Waals surface area contributed by atoms with Gasteiger partial charge in [-0.2, -0.15) is 0 Å². The van der Waals surface area contributed by atoms with Crippen molar-refractivity contribution in [2.45, 2.75) is 38.7 Å². The Hall–Kier alpha value is -1.000. The molecule has 0 aliphatic heterocycles. The second-order valence-electron chi connectivity index (χ2n) is 5.92. The Kier molecular flexibility index (Phi) is 8.31. The van der Waals surface area contributed by atoms with Crippen LogP contribution in [0.15, 0.2) is 48.5 Å². The number of halogens is 1. The minimum atomic E-state index is -1.24. The molecule has 3 nitrogen and oxygen atoms in total. The smallest absolute Gasteiger partial charge is 0.546 e. The number of carbonyl (C=O) groups excluding carboxylic acids is 1. The van der Waals surface area contributed by atoms with E-state index in [0.717, 1.165) is 5.56 Å². The molecule has 0 bridgehead atoms. The average molecular weight is 355 g/mol. The van der Waals surface area contributed by atoms with Crippen LogP contribution >= 0.6 is 11.6 Å². The van der Waals surface area contributed by atoms with Gasteiger partial charge in [0.1, 0.15) is 11.9 Å². The van der Waals surface area contributed by atoms with E-state index in [2.05, 4.69) is 13.8 Å². The topological polar surface area (TPSA) is 49.4 Å². The van der Waals surface area contributed by atoms with Crippen LogP contribution in [0.4, 0.5) is 0 Å². The summed E-state index contributed by atoms with van der Waals surface area (Å²) in [6.45, 7) is 6.00. The monoisotopic (exact) mass is 354 g/mol. The summed E-state index contributed by atoms with van der Waals surface area (Å²) in [5, 5.41) is 12.1. The molecule has 0 N–H and O–H groups in total. The number of carbonyl (C=O) groups is 1. The van der Waals surface area contributed by atoms with Crippen molar-refractivity contribution in [1.82, 2.24) is 0 Å². The van der Waals surface area contributed by atoms with Crippen LogP contribution in [-0.4, -0.2) is 12.1 Å². The fraction of sp³-hybridized carbons (Fsp3) is 0.316. The molecule has 0 heterocycles. The Morgan fingerprint density at radius 3 is 1.92 bits per heavy atom. The van der Waals surface area contributed by atoms with Gasteiger partial charge in [0.25, 0.3) is 0 Å². The second-order valence-corrected chi connectivity index (χ2v) is 6.36. The Labute approximate surface area is 170 Å². The van der Waals surface area contributed by atoms with E-state index in [-0.39, 0.29) is 35.5 Å². The zero-order valence-electron chi connectivity index (χ0n) is 14.5. The van der Waals surface area contributed by atoms with Crippen molar-refractivity contribution in [1.29, 1.82) is 0 Å². The van der Waals surface area contributed by atoms with E-state index in [9.17, 15) is 9.90 Å². The van der Waals surface area contributed by atoms with Crippen molar-refractivity contribution in [2.75, 3.05) is 0 Å². The number of carboxylic acid groups (broad SMARTS) is 1. The van der Waals surface area contributed by atoms with Crippen molar-refractivity contribution in [3.63, 3.8) is 0 Å². The maximum atomic E-state index is 11.5. The molecule has 2 rings (SSSR count). The fourth-order valence-corrected chi connectivity index (χ4v) is 2.50. The molecule has 2 atom stereocenters. The van der Waals surface area contributed by atoms with Crippen molar-refractivity contribution in [2.24, 2.45) is 0 Å². The quantitative estimate of drug-likeness (QED) is 0.720. The molecule has 0 amide bonds. The first-order valence-electron chi connectivity index (χ1n) is 7.61. The van der Waals surface area contributed by atoms with Crippen LogP contribution in [0.25, 0.3) is 0 Å². The third-order valence-electron chi connectivity index (χ3n) is 3.89. The standard InChI is InChI=1S/C19H21ClO3.Na/c1-12(2)14-6-10-17(11-7-14)23-18(19(21)22)13(3)15-4-8-16(20)9-5-15;/h4-13,18H,1-3H3,(H,21,22);/q;+1/p-1. The maximum absolute atomic E-state index is 11.5. The molecule has 5 heteroatoms. The molecule has 0 saturated carbocycles. The Balaban J connectivity index is 0.00000288. The summed E-state index contributed by atoms with van der Waals surface area (Å²) >= 11 is 5.87. The van der Waals surface area contributed by atoms with Gasteiger partial charge < -0.3 is 14.6 Å². The third-order valence-corrected chi connectivity index (χ3v) is 4.14. The Bertz CT molecular complexity index is 653. The summed E-state index contributed by atoms with van der Waals surface area (Å²) in [4.78, 5) is 11.5. The first-order valence-corrected chi connectivity index (χ1v) is 7.99. The zero-order chi connectivity index (χ0) is 17.0. The number of benzene rings is 2. The normalized spacial score (nSPS) is 13.0. The second kappa shape index (κ2) is 9.47. The van der Waals surface area contributed by atoms with Crippen molar-refractivity contribution < 1.29 is 44.2 Å². The predicted molar refractivity (Wildman–Crippen MR) is 89.8 cm³/mol. The minimum absolute atomic E-state index is 0.